The van der Waals surface area contributed by atoms with E-state index in [1.165, 1.54) is 45.2 Å². The van der Waals surface area contributed by atoms with E-state index in [0.29, 0.717) is 0 Å². The summed E-state index contributed by atoms with van der Waals surface area (Å²) < 4.78 is 0. The SMILES string of the molecule is CNc1ccc(Cl)c(CN2CCCCCCC2)n1. The lowest BCUT2D eigenvalue weighted by Gasteiger charge is -2.24. The van der Waals surface area contributed by atoms with E-state index in [2.05, 4.69) is 15.2 Å². The number of nitrogens with one attached hydrogen (secondary N) is 1. The van der Waals surface area contributed by atoms with Gasteiger partial charge in [-0.2, -0.15) is 0 Å². The van der Waals surface area contributed by atoms with Gasteiger partial charge in [-0.25, -0.2) is 4.98 Å². The Bertz CT molecular complexity index is 373. The first-order valence-corrected chi connectivity index (χ1v) is 7.23. The smallest absolute Gasteiger partial charge is 0.126 e. The molecule has 2 heterocycles. The number of anilines is 1. The van der Waals surface area contributed by atoms with Crippen LogP contribution in [-0.4, -0.2) is 30.0 Å². The van der Waals surface area contributed by atoms with Gasteiger partial charge >= 0.3 is 0 Å². The summed E-state index contributed by atoms with van der Waals surface area (Å²) in [5.41, 5.74) is 0.990. The zero-order valence-electron chi connectivity index (χ0n) is 11.1. The number of aromatic nitrogens is 1. The van der Waals surface area contributed by atoms with Gasteiger partial charge in [0.15, 0.2) is 0 Å². The van der Waals surface area contributed by atoms with Gasteiger partial charge in [-0.05, 0) is 38.1 Å². The highest BCUT2D eigenvalue weighted by Gasteiger charge is 2.12. The molecule has 3 nitrogen and oxygen atoms in total. The number of hydrogen-bond acceptors (Lipinski definition) is 3. The predicted molar refractivity (Wildman–Crippen MR) is 77.2 cm³/mol. The first-order chi connectivity index (χ1) is 8.79. The third-order valence-corrected chi connectivity index (χ3v) is 3.84. The molecule has 0 bridgehead atoms. The minimum atomic E-state index is 0.774. The lowest BCUT2D eigenvalue weighted by Crippen LogP contribution is -2.27. The largest absolute Gasteiger partial charge is 0.373 e. The number of rotatable bonds is 3. The van der Waals surface area contributed by atoms with E-state index in [1.54, 1.807) is 0 Å². The number of likely N-dealkylation sites (tertiary alicyclic amines) is 1. The minimum Gasteiger partial charge on any atom is -0.373 e. The van der Waals surface area contributed by atoms with Crippen LogP contribution < -0.4 is 5.32 Å². The molecule has 0 radical (unpaired) electrons. The highest BCUT2D eigenvalue weighted by Crippen LogP contribution is 2.20. The summed E-state index contributed by atoms with van der Waals surface area (Å²) in [6.45, 7) is 3.21. The Morgan fingerprint density at radius 2 is 1.83 bits per heavy atom. The van der Waals surface area contributed by atoms with Crippen LogP contribution >= 0.6 is 11.6 Å². The second-order valence-electron chi connectivity index (χ2n) is 4.92. The van der Waals surface area contributed by atoms with Gasteiger partial charge in [0.25, 0.3) is 0 Å². The molecule has 0 saturated carbocycles. The normalized spacial score (nSPS) is 18.1. The van der Waals surface area contributed by atoms with Crippen molar-refractivity contribution in [2.75, 3.05) is 25.5 Å². The first kappa shape index (κ1) is 13.6. The molecular formula is C14H22ClN3. The van der Waals surface area contributed by atoms with Gasteiger partial charge in [-0.1, -0.05) is 30.9 Å². The molecule has 100 valence electrons. The molecule has 4 heteroatoms. The van der Waals surface area contributed by atoms with E-state index in [0.717, 1.165) is 23.1 Å². The zero-order chi connectivity index (χ0) is 12.8. The Morgan fingerprint density at radius 3 is 2.50 bits per heavy atom. The third-order valence-electron chi connectivity index (χ3n) is 3.50. The van der Waals surface area contributed by atoms with E-state index in [1.807, 2.05) is 19.2 Å². The van der Waals surface area contributed by atoms with Crippen molar-refractivity contribution in [1.29, 1.82) is 0 Å². The van der Waals surface area contributed by atoms with Crippen LogP contribution in [0.15, 0.2) is 12.1 Å². The van der Waals surface area contributed by atoms with Gasteiger partial charge in [0, 0.05) is 13.6 Å². The third kappa shape index (κ3) is 3.85. The fraction of sp³-hybridized carbons (Fsp3) is 0.643. The minimum absolute atomic E-state index is 0.774. The van der Waals surface area contributed by atoms with E-state index in [9.17, 15) is 0 Å². The molecule has 0 amide bonds. The summed E-state index contributed by atoms with van der Waals surface area (Å²) >= 11 is 6.23. The van der Waals surface area contributed by atoms with E-state index in [-0.39, 0.29) is 0 Å². The number of pyridine rings is 1. The predicted octanol–water partition coefficient (Wildman–Crippen LogP) is 3.54. The number of halogens is 1. The molecule has 18 heavy (non-hydrogen) atoms. The maximum Gasteiger partial charge on any atom is 0.126 e. The Balaban J connectivity index is 2.02. The molecular weight excluding hydrogens is 246 g/mol. The molecule has 1 saturated heterocycles. The van der Waals surface area contributed by atoms with Crippen LogP contribution in [0.25, 0.3) is 0 Å². The molecule has 2 rings (SSSR count). The summed E-state index contributed by atoms with van der Waals surface area (Å²) in [4.78, 5) is 7.03. The van der Waals surface area contributed by atoms with Gasteiger partial charge in [0.2, 0.25) is 0 Å². The Morgan fingerprint density at radius 1 is 1.17 bits per heavy atom. The molecule has 1 N–H and O–H groups in total. The maximum absolute atomic E-state index is 6.23. The van der Waals surface area contributed by atoms with Crippen LogP contribution in [-0.2, 0) is 6.54 Å². The Hall–Kier alpha value is -0.800. The molecule has 0 atom stereocenters. The summed E-state index contributed by atoms with van der Waals surface area (Å²) in [6, 6.07) is 3.85. The Labute approximate surface area is 115 Å². The van der Waals surface area contributed by atoms with Crippen molar-refractivity contribution in [3.8, 4) is 0 Å². The molecule has 1 aliphatic rings. The molecule has 1 aromatic heterocycles. The standard InChI is InChI=1S/C14H22ClN3/c1-16-14-8-7-12(15)13(17-14)11-18-9-5-3-2-4-6-10-18/h7-8H,2-6,9-11H2,1H3,(H,16,17). The summed E-state index contributed by atoms with van der Waals surface area (Å²) in [5, 5.41) is 3.84. The van der Waals surface area contributed by atoms with Crippen molar-refractivity contribution in [1.82, 2.24) is 9.88 Å². The van der Waals surface area contributed by atoms with E-state index in [4.69, 9.17) is 11.6 Å². The van der Waals surface area contributed by atoms with Gasteiger partial charge < -0.3 is 5.32 Å². The van der Waals surface area contributed by atoms with Gasteiger partial charge in [-0.3, -0.25) is 4.90 Å². The van der Waals surface area contributed by atoms with Gasteiger partial charge in [-0.15, -0.1) is 0 Å². The molecule has 0 aromatic carbocycles. The fourth-order valence-corrected chi connectivity index (χ4v) is 2.58. The molecule has 1 fully saturated rings. The van der Waals surface area contributed by atoms with Crippen LogP contribution in [0.1, 0.15) is 37.8 Å². The lowest BCUT2D eigenvalue weighted by atomic mass is 10.1. The van der Waals surface area contributed by atoms with Crippen molar-refractivity contribution in [2.24, 2.45) is 0 Å². The Kier molecular flexibility index (Phi) is 5.26. The molecule has 0 aliphatic carbocycles. The highest BCUT2D eigenvalue weighted by atomic mass is 35.5. The van der Waals surface area contributed by atoms with Gasteiger partial charge in [0.05, 0.1) is 10.7 Å². The van der Waals surface area contributed by atoms with Crippen LogP contribution in [0.3, 0.4) is 0 Å². The fourth-order valence-electron chi connectivity index (χ4n) is 2.42. The van der Waals surface area contributed by atoms with Crippen molar-refractivity contribution in [3.05, 3.63) is 22.8 Å². The topological polar surface area (TPSA) is 28.2 Å². The average Bonchev–Trinajstić information content (AvgIpc) is 2.35. The highest BCUT2D eigenvalue weighted by molar-refractivity contribution is 6.31. The second-order valence-corrected chi connectivity index (χ2v) is 5.33. The summed E-state index contributed by atoms with van der Waals surface area (Å²) in [5.74, 6) is 0.890. The van der Waals surface area contributed by atoms with Crippen LogP contribution in [0.2, 0.25) is 5.02 Å². The second kappa shape index (κ2) is 6.95. The van der Waals surface area contributed by atoms with Gasteiger partial charge in [0.1, 0.15) is 5.82 Å². The lowest BCUT2D eigenvalue weighted by molar-refractivity contribution is 0.237. The van der Waals surface area contributed by atoms with E-state index < -0.39 is 0 Å². The van der Waals surface area contributed by atoms with Crippen molar-refractivity contribution >= 4 is 17.4 Å². The van der Waals surface area contributed by atoms with E-state index >= 15 is 0 Å². The quantitative estimate of drug-likeness (QED) is 0.908. The number of nitrogens with zero attached hydrogens (tertiary/aromatic N) is 2. The molecule has 1 aromatic rings. The van der Waals surface area contributed by atoms with Crippen LogP contribution in [0.5, 0.6) is 0 Å². The van der Waals surface area contributed by atoms with Crippen molar-refractivity contribution in [2.45, 2.75) is 38.6 Å². The maximum atomic E-state index is 6.23. The molecule has 0 unspecified atom stereocenters. The van der Waals surface area contributed by atoms with Crippen LogP contribution in [0, 0.1) is 0 Å². The molecule has 0 spiro atoms. The summed E-state index contributed by atoms with van der Waals surface area (Å²) in [6.07, 6.45) is 6.69. The zero-order valence-corrected chi connectivity index (χ0v) is 11.8. The van der Waals surface area contributed by atoms with Crippen molar-refractivity contribution in [3.63, 3.8) is 0 Å². The van der Waals surface area contributed by atoms with Crippen molar-refractivity contribution < 1.29 is 0 Å². The first-order valence-electron chi connectivity index (χ1n) is 6.85. The average molecular weight is 268 g/mol. The monoisotopic (exact) mass is 267 g/mol. The molecule has 1 aliphatic heterocycles. The summed E-state index contributed by atoms with van der Waals surface area (Å²) in [7, 11) is 1.89. The number of hydrogen-bond donors (Lipinski definition) is 1. The van der Waals surface area contributed by atoms with Crippen LogP contribution in [0.4, 0.5) is 5.82 Å².